The summed E-state index contributed by atoms with van der Waals surface area (Å²) >= 11 is 4.87. The molecule has 0 saturated carbocycles. The monoisotopic (exact) mass is 196 g/mol. The van der Waals surface area contributed by atoms with Gasteiger partial charge in [-0.2, -0.15) is 0 Å². The quantitative estimate of drug-likeness (QED) is 0.691. The van der Waals surface area contributed by atoms with E-state index in [9.17, 15) is 0 Å². The average molecular weight is 196 g/mol. The normalized spacial score (nSPS) is 9.46. The van der Waals surface area contributed by atoms with Gasteiger partial charge in [0.25, 0.3) is 0 Å². The van der Waals surface area contributed by atoms with E-state index in [0.29, 0.717) is 0 Å². The molecule has 70 valence electrons. The van der Waals surface area contributed by atoms with E-state index >= 15 is 0 Å². The van der Waals surface area contributed by atoms with Crippen LogP contribution in [0, 0.1) is 6.92 Å². The van der Waals surface area contributed by atoms with Crippen LogP contribution in [0.1, 0.15) is 11.1 Å². The molecule has 0 saturated heterocycles. The molecule has 1 aromatic rings. The van der Waals surface area contributed by atoms with Crippen LogP contribution in [-0.4, -0.2) is 19.6 Å². The van der Waals surface area contributed by atoms with Crippen LogP contribution in [0.25, 0.3) is 0 Å². The predicted molar refractivity (Wildman–Crippen MR) is 57.0 cm³/mol. The second-order valence-electron chi connectivity index (χ2n) is 2.63. The van der Waals surface area contributed by atoms with Crippen LogP contribution in [0.5, 0.6) is 11.5 Å². The average Bonchev–Trinajstić information content (AvgIpc) is 2.17. The number of hydrogen-bond acceptors (Lipinski definition) is 3. The number of benzene rings is 1. The third-order valence-corrected chi connectivity index (χ3v) is 2.22. The van der Waals surface area contributed by atoms with Gasteiger partial charge >= 0.3 is 0 Å². The Morgan fingerprint density at radius 1 is 1.23 bits per heavy atom. The van der Waals surface area contributed by atoms with E-state index < -0.39 is 0 Å². The molecule has 0 unspecified atom stereocenters. The summed E-state index contributed by atoms with van der Waals surface area (Å²) in [5.74, 6) is 1.49. The second-order valence-corrected chi connectivity index (χ2v) is 2.87. The molecule has 0 fully saturated rings. The molecule has 0 aliphatic rings. The van der Waals surface area contributed by atoms with Crippen molar-refractivity contribution in [3.8, 4) is 11.5 Å². The molecule has 1 aromatic carbocycles. The Balaban J connectivity index is 3.31. The van der Waals surface area contributed by atoms with E-state index in [0.717, 1.165) is 22.6 Å². The lowest BCUT2D eigenvalue weighted by Crippen LogP contribution is -1.96. The zero-order chi connectivity index (χ0) is 9.84. The van der Waals surface area contributed by atoms with Gasteiger partial charge in [0.1, 0.15) is 0 Å². The fourth-order valence-electron chi connectivity index (χ4n) is 1.22. The van der Waals surface area contributed by atoms with E-state index in [1.54, 1.807) is 19.6 Å². The van der Waals surface area contributed by atoms with Crippen LogP contribution in [0.3, 0.4) is 0 Å². The highest BCUT2D eigenvalue weighted by molar-refractivity contribution is 7.79. The Bertz CT molecular complexity index is 321. The Morgan fingerprint density at radius 3 is 2.38 bits per heavy atom. The number of thiocarbonyl (C=S) groups is 1. The first-order valence-corrected chi connectivity index (χ1v) is 4.38. The van der Waals surface area contributed by atoms with Crippen molar-refractivity contribution >= 4 is 17.6 Å². The lowest BCUT2D eigenvalue weighted by atomic mass is 10.1. The Hall–Kier alpha value is -1.09. The molecule has 0 aromatic heterocycles. The molecule has 0 aliphatic carbocycles. The van der Waals surface area contributed by atoms with Gasteiger partial charge in [-0.05, 0) is 24.6 Å². The zero-order valence-corrected chi connectivity index (χ0v) is 8.77. The van der Waals surface area contributed by atoms with Crippen molar-refractivity contribution in [3.05, 3.63) is 23.3 Å². The Kier molecular flexibility index (Phi) is 3.25. The number of methoxy groups -OCH3 is 2. The number of ether oxygens (including phenoxy) is 2. The first-order chi connectivity index (χ1) is 6.24. The summed E-state index contributed by atoms with van der Waals surface area (Å²) in [4.78, 5) is 0. The van der Waals surface area contributed by atoms with E-state index in [1.165, 1.54) is 0 Å². The molecule has 0 N–H and O–H groups in total. The van der Waals surface area contributed by atoms with Crippen LogP contribution < -0.4 is 9.47 Å². The van der Waals surface area contributed by atoms with Gasteiger partial charge in [-0.25, -0.2) is 0 Å². The predicted octanol–water partition coefficient (Wildman–Crippen LogP) is 2.36. The molecule has 13 heavy (non-hydrogen) atoms. The van der Waals surface area contributed by atoms with Gasteiger partial charge in [0.05, 0.1) is 14.2 Å². The SMILES string of the molecule is COc1ccc(C=S)c(C)c1OC. The first-order valence-electron chi connectivity index (χ1n) is 3.91. The molecule has 0 bridgehead atoms. The summed E-state index contributed by atoms with van der Waals surface area (Å²) in [5.41, 5.74) is 2.00. The maximum Gasteiger partial charge on any atom is 0.164 e. The molecular formula is C10H12O2S. The van der Waals surface area contributed by atoms with Gasteiger partial charge in [0.15, 0.2) is 11.5 Å². The van der Waals surface area contributed by atoms with E-state index in [2.05, 4.69) is 0 Å². The van der Waals surface area contributed by atoms with Crippen molar-refractivity contribution in [1.29, 1.82) is 0 Å². The minimum absolute atomic E-state index is 0.737. The lowest BCUT2D eigenvalue weighted by molar-refractivity contribution is 0.353. The fourth-order valence-corrected chi connectivity index (χ4v) is 1.48. The zero-order valence-electron chi connectivity index (χ0n) is 7.96. The highest BCUT2D eigenvalue weighted by Crippen LogP contribution is 2.31. The molecule has 0 atom stereocenters. The third kappa shape index (κ3) is 1.80. The molecule has 1 rings (SSSR count). The van der Waals surface area contributed by atoms with Gasteiger partial charge in [-0.1, -0.05) is 12.2 Å². The molecule has 0 amide bonds. The lowest BCUT2D eigenvalue weighted by Gasteiger charge is -2.11. The molecule has 2 nitrogen and oxygen atoms in total. The van der Waals surface area contributed by atoms with Crippen molar-refractivity contribution in [3.63, 3.8) is 0 Å². The van der Waals surface area contributed by atoms with E-state index in [4.69, 9.17) is 21.7 Å². The minimum atomic E-state index is 0.737. The maximum atomic E-state index is 5.22. The van der Waals surface area contributed by atoms with Crippen LogP contribution in [-0.2, 0) is 0 Å². The molecule has 0 aliphatic heterocycles. The largest absolute Gasteiger partial charge is 0.493 e. The summed E-state index contributed by atoms with van der Waals surface area (Å²) in [5, 5.41) is 1.64. The standard InChI is InChI=1S/C10H12O2S/c1-7-8(6-13)4-5-9(11-2)10(7)12-3/h4-6H,1-3H3. The van der Waals surface area contributed by atoms with Gasteiger partial charge in [0, 0.05) is 10.9 Å². The maximum absolute atomic E-state index is 5.22. The highest BCUT2D eigenvalue weighted by atomic mass is 32.1. The Labute approximate surface area is 83.5 Å². The second kappa shape index (κ2) is 4.23. The summed E-state index contributed by atoms with van der Waals surface area (Å²) in [6, 6.07) is 3.77. The molecule has 0 heterocycles. The van der Waals surface area contributed by atoms with E-state index in [1.807, 2.05) is 19.1 Å². The van der Waals surface area contributed by atoms with Crippen molar-refractivity contribution in [1.82, 2.24) is 0 Å². The van der Waals surface area contributed by atoms with Crippen LogP contribution in [0.4, 0.5) is 0 Å². The van der Waals surface area contributed by atoms with E-state index in [-0.39, 0.29) is 0 Å². The third-order valence-electron chi connectivity index (χ3n) is 1.96. The summed E-state index contributed by atoms with van der Waals surface area (Å²) < 4.78 is 10.4. The van der Waals surface area contributed by atoms with Crippen LogP contribution in [0.15, 0.2) is 12.1 Å². The van der Waals surface area contributed by atoms with Crippen LogP contribution >= 0.6 is 12.2 Å². The first kappa shape index (κ1) is 9.99. The van der Waals surface area contributed by atoms with Gasteiger partial charge in [-0.3, -0.25) is 0 Å². The molecule has 3 heteroatoms. The smallest absolute Gasteiger partial charge is 0.164 e. The Morgan fingerprint density at radius 2 is 1.92 bits per heavy atom. The van der Waals surface area contributed by atoms with Crippen molar-refractivity contribution < 1.29 is 9.47 Å². The highest BCUT2D eigenvalue weighted by Gasteiger charge is 2.08. The van der Waals surface area contributed by atoms with Crippen molar-refractivity contribution in [2.24, 2.45) is 0 Å². The number of hydrogen-bond donors (Lipinski definition) is 0. The minimum Gasteiger partial charge on any atom is -0.493 e. The van der Waals surface area contributed by atoms with Gasteiger partial charge in [-0.15, -0.1) is 0 Å². The van der Waals surface area contributed by atoms with Crippen molar-refractivity contribution in [2.45, 2.75) is 6.92 Å². The van der Waals surface area contributed by atoms with Crippen LogP contribution in [0.2, 0.25) is 0 Å². The summed E-state index contributed by atoms with van der Waals surface area (Å²) in [7, 11) is 3.24. The van der Waals surface area contributed by atoms with Gasteiger partial charge < -0.3 is 9.47 Å². The molecule has 0 spiro atoms. The molecular weight excluding hydrogens is 184 g/mol. The van der Waals surface area contributed by atoms with Crippen molar-refractivity contribution in [2.75, 3.05) is 14.2 Å². The summed E-state index contributed by atoms with van der Waals surface area (Å²) in [6.45, 7) is 1.96. The topological polar surface area (TPSA) is 18.5 Å². The van der Waals surface area contributed by atoms with Gasteiger partial charge in [0.2, 0.25) is 0 Å². The number of rotatable bonds is 3. The summed E-state index contributed by atoms with van der Waals surface area (Å²) in [6.07, 6.45) is 0. The molecule has 0 radical (unpaired) electrons. The fraction of sp³-hybridized carbons (Fsp3) is 0.300.